The van der Waals surface area contributed by atoms with Crippen LogP contribution in [0, 0.1) is 6.92 Å². The average Bonchev–Trinajstić information content (AvgIpc) is 3.23. The summed E-state index contributed by atoms with van der Waals surface area (Å²) in [5.41, 5.74) is 1.69. The quantitative estimate of drug-likeness (QED) is 0.397. The molecule has 34 heavy (non-hydrogen) atoms. The van der Waals surface area contributed by atoms with Gasteiger partial charge in [0.1, 0.15) is 12.4 Å². The number of nitrogens with one attached hydrogen (secondary N) is 1. The summed E-state index contributed by atoms with van der Waals surface area (Å²) >= 11 is 0. The molecule has 1 amide bonds. The molecule has 2 aromatic heterocycles. The third-order valence-corrected chi connectivity index (χ3v) is 5.29. The number of carbonyl (C=O) groups excluding carboxylic acids is 2. The monoisotopic (exact) mass is 453 g/mol. The highest BCUT2D eigenvalue weighted by molar-refractivity contribution is 6.13. The van der Waals surface area contributed by atoms with Gasteiger partial charge >= 0.3 is 5.97 Å². The smallest absolute Gasteiger partial charge is 0.338 e. The largest absolute Gasteiger partial charge is 0.456 e. The van der Waals surface area contributed by atoms with Gasteiger partial charge in [0.2, 0.25) is 0 Å². The Hall–Kier alpha value is -4.72. The number of aromatic nitrogens is 2. The lowest BCUT2D eigenvalue weighted by atomic mass is 10.0. The second-order valence-electron chi connectivity index (χ2n) is 7.72. The number of benzene rings is 3. The minimum atomic E-state index is -0.572. The van der Waals surface area contributed by atoms with Gasteiger partial charge < -0.3 is 14.6 Å². The van der Waals surface area contributed by atoms with E-state index in [4.69, 9.17) is 9.26 Å². The zero-order valence-corrected chi connectivity index (χ0v) is 18.1. The van der Waals surface area contributed by atoms with E-state index < -0.39 is 11.5 Å². The number of amides is 1. The van der Waals surface area contributed by atoms with E-state index in [0.29, 0.717) is 33.9 Å². The number of hydrogen-bond acceptors (Lipinski definition) is 6. The number of carbonyl (C=O) groups is 2. The van der Waals surface area contributed by atoms with Gasteiger partial charge in [-0.15, -0.1) is 4.57 Å². The molecular weight excluding hydrogens is 434 g/mol. The van der Waals surface area contributed by atoms with Crippen LogP contribution in [0.1, 0.15) is 32.2 Å². The molecule has 0 radical (unpaired) electrons. The SMILES string of the molecule is Cc1cc2nc(COC(=O)c3ccc(NC(=O)c4cccc5ccccc45)cc3)cc(=O)n2o1. The Morgan fingerprint density at radius 3 is 2.59 bits per heavy atom. The number of rotatable bonds is 5. The van der Waals surface area contributed by atoms with Crippen LogP contribution >= 0.6 is 0 Å². The summed E-state index contributed by atoms with van der Waals surface area (Å²) in [5, 5.41) is 4.69. The van der Waals surface area contributed by atoms with Crippen molar-refractivity contribution in [2.45, 2.75) is 13.5 Å². The molecule has 8 heteroatoms. The zero-order chi connectivity index (χ0) is 23.7. The maximum atomic E-state index is 12.8. The molecular formula is C26H19N3O5. The van der Waals surface area contributed by atoms with Crippen molar-refractivity contribution >= 4 is 34.0 Å². The molecule has 0 saturated carbocycles. The van der Waals surface area contributed by atoms with Crippen molar-refractivity contribution in [2.75, 3.05) is 5.32 Å². The maximum absolute atomic E-state index is 12.8. The van der Waals surface area contributed by atoms with Gasteiger partial charge in [-0.05, 0) is 48.0 Å². The van der Waals surface area contributed by atoms with Gasteiger partial charge in [-0.3, -0.25) is 9.59 Å². The van der Waals surface area contributed by atoms with E-state index in [1.807, 2.05) is 36.4 Å². The molecule has 0 bridgehead atoms. The van der Waals surface area contributed by atoms with E-state index in [2.05, 4.69) is 10.3 Å². The molecule has 0 saturated heterocycles. The van der Waals surface area contributed by atoms with Gasteiger partial charge in [0.05, 0.1) is 11.3 Å². The van der Waals surface area contributed by atoms with Crippen molar-refractivity contribution in [3.63, 3.8) is 0 Å². The first-order chi connectivity index (χ1) is 16.5. The normalized spacial score (nSPS) is 11.0. The van der Waals surface area contributed by atoms with Crippen molar-refractivity contribution in [1.82, 2.24) is 9.56 Å². The van der Waals surface area contributed by atoms with Crippen LogP contribution in [0.15, 0.2) is 88.2 Å². The fraction of sp³-hybridized carbons (Fsp3) is 0.0769. The Kier molecular flexibility index (Phi) is 5.39. The van der Waals surface area contributed by atoms with Crippen LogP contribution in [0.3, 0.4) is 0 Å². The van der Waals surface area contributed by atoms with E-state index in [9.17, 15) is 14.4 Å². The lowest BCUT2D eigenvalue weighted by Gasteiger charge is -2.09. The third-order valence-electron chi connectivity index (χ3n) is 5.29. The Bertz CT molecular complexity index is 1590. The molecule has 0 unspecified atom stereocenters. The topological polar surface area (TPSA) is 103 Å². The molecule has 0 aliphatic rings. The van der Waals surface area contributed by atoms with E-state index >= 15 is 0 Å². The Labute approximate surface area is 193 Å². The number of ether oxygens (including phenoxy) is 1. The van der Waals surface area contributed by atoms with Gasteiger partial charge in [-0.2, -0.15) is 0 Å². The lowest BCUT2D eigenvalue weighted by molar-refractivity contribution is 0.0467. The average molecular weight is 453 g/mol. The summed E-state index contributed by atoms with van der Waals surface area (Å²) in [6, 6.07) is 22.5. The fourth-order valence-corrected chi connectivity index (χ4v) is 3.68. The van der Waals surface area contributed by atoms with Crippen molar-refractivity contribution in [2.24, 2.45) is 0 Å². The van der Waals surface area contributed by atoms with Crippen LogP contribution in [-0.4, -0.2) is 21.4 Å². The molecule has 168 valence electrons. The molecule has 1 N–H and O–H groups in total. The number of fused-ring (bicyclic) bond motifs is 2. The summed E-state index contributed by atoms with van der Waals surface area (Å²) in [4.78, 5) is 41.6. The van der Waals surface area contributed by atoms with Gasteiger partial charge in [0.15, 0.2) is 5.65 Å². The van der Waals surface area contributed by atoms with Gasteiger partial charge in [0, 0.05) is 23.4 Å². The van der Waals surface area contributed by atoms with Gasteiger partial charge in [-0.25, -0.2) is 9.78 Å². The second kappa shape index (κ2) is 8.67. The second-order valence-corrected chi connectivity index (χ2v) is 7.72. The molecule has 5 rings (SSSR count). The van der Waals surface area contributed by atoms with E-state index in [1.165, 1.54) is 6.07 Å². The maximum Gasteiger partial charge on any atom is 0.338 e. The van der Waals surface area contributed by atoms with Crippen molar-refractivity contribution in [3.05, 3.63) is 112 Å². The van der Waals surface area contributed by atoms with E-state index in [-0.39, 0.29) is 12.5 Å². The fourth-order valence-electron chi connectivity index (χ4n) is 3.68. The summed E-state index contributed by atoms with van der Waals surface area (Å²) in [7, 11) is 0. The molecule has 0 aliphatic heterocycles. The minimum absolute atomic E-state index is 0.158. The Balaban J connectivity index is 1.25. The summed E-state index contributed by atoms with van der Waals surface area (Å²) < 4.78 is 11.6. The third kappa shape index (κ3) is 4.16. The molecule has 0 fully saturated rings. The predicted molar refractivity (Wildman–Crippen MR) is 126 cm³/mol. The molecule has 0 atom stereocenters. The first-order valence-electron chi connectivity index (χ1n) is 10.5. The lowest BCUT2D eigenvalue weighted by Crippen LogP contribution is -2.15. The van der Waals surface area contributed by atoms with Crippen LogP contribution in [0.5, 0.6) is 0 Å². The standard InChI is InChI=1S/C26H19N3O5/c1-16-13-23-27-20(14-24(30)29(23)34-16)15-33-26(32)18-9-11-19(12-10-18)28-25(31)22-8-4-6-17-5-2-3-7-21(17)22/h2-14H,15H2,1H3,(H,28,31). The summed E-state index contributed by atoms with van der Waals surface area (Å²) in [5.74, 6) is -0.266. The van der Waals surface area contributed by atoms with Crippen LogP contribution in [0.25, 0.3) is 16.4 Å². The van der Waals surface area contributed by atoms with Crippen LogP contribution < -0.4 is 10.9 Å². The van der Waals surface area contributed by atoms with Gasteiger partial charge in [0.25, 0.3) is 11.5 Å². The number of nitrogens with zero attached hydrogens (tertiary/aromatic N) is 2. The van der Waals surface area contributed by atoms with E-state index in [1.54, 1.807) is 43.3 Å². The highest BCUT2D eigenvalue weighted by Gasteiger charge is 2.13. The van der Waals surface area contributed by atoms with Crippen LogP contribution in [0.4, 0.5) is 5.69 Å². The summed E-state index contributed by atoms with van der Waals surface area (Å²) in [6.07, 6.45) is 0. The first kappa shape index (κ1) is 21.1. The van der Waals surface area contributed by atoms with Crippen molar-refractivity contribution < 1.29 is 18.8 Å². The number of esters is 1. The Morgan fingerprint density at radius 2 is 1.76 bits per heavy atom. The minimum Gasteiger partial charge on any atom is -0.456 e. The molecule has 8 nitrogen and oxygen atoms in total. The molecule has 5 aromatic rings. The highest BCUT2D eigenvalue weighted by Crippen LogP contribution is 2.20. The molecule has 2 heterocycles. The molecule has 3 aromatic carbocycles. The number of anilines is 1. The van der Waals surface area contributed by atoms with Gasteiger partial charge in [-0.1, -0.05) is 36.4 Å². The molecule has 0 aliphatic carbocycles. The predicted octanol–water partition coefficient (Wildman–Crippen LogP) is 4.36. The van der Waals surface area contributed by atoms with Crippen LogP contribution in [-0.2, 0) is 11.3 Å². The molecule has 0 spiro atoms. The Morgan fingerprint density at radius 1 is 1.00 bits per heavy atom. The number of hydrogen-bond donors (Lipinski definition) is 1. The highest BCUT2D eigenvalue weighted by atomic mass is 16.5. The number of aryl methyl sites for hydroxylation is 1. The van der Waals surface area contributed by atoms with Crippen molar-refractivity contribution in [1.29, 1.82) is 0 Å². The zero-order valence-electron chi connectivity index (χ0n) is 18.1. The summed E-state index contributed by atoms with van der Waals surface area (Å²) in [6.45, 7) is 1.55. The van der Waals surface area contributed by atoms with Crippen LogP contribution in [0.2, 0.25) is 0 Å². The first-order valence-corrected chi connectivity index (χ1v) is 10.5. The van der Waals surface area contributed by atoms with Crippen molar-refractivity contribution in [3.8, 4) is 0 Å². The van der Waals surface area contributed by atoms with E-state index in [0.717, 1.165) is 15.3 Å².